The number of hydrogen-bond acceptors (Lipinski definition) is 13. The van der Waals surface area contributed by atoms with Crippen molar-refractivity contribution in [3.8, 4) is 11.5 Å². The first-order valence-corrected chi connectivity index (χ1v) is 11.4. The Morgan fingerprint density at radius 2 is 1.89 bits per heavy atom. The quantitative estimate of drug-likeness (QED) is 0.173. The highest BCUT2D eigenvalue weighted by molar-refractivity contribution is 5.90. The van der Waals surface area contributed by atoms with E-state index in [-0.39, 0.29) is 17.1 Å². The van der Waals surface area contributed by atoms with Gasteiger partial charge in [0.15, 0.2) is 17.8 Å². The fraction of sp³-hybridized carbons (Fsp3) is 0.609. The molecule has 1 aromatic carbocycles. The van der Waals surface area contributed by atoms with Crippen LogP contribution in [-0.2, 0) is 23.7 Å². The number of epoxide rings is 1. The van der Waals surface area contributed by atoms with Gasteiger partial charge in [-0.2, -0.15) is 0 Å². The van der Waals surface area contributed by atoms with Crippen LogP contribution in [0.1, 0.15) is 10.4 Å². The van der Waals surface area contributed by atoms with Gasteiger partial charge in [-0.1, -0.05) is 0 Å². The summed E-state index contributed by atoms with van der Waals surface area (Å²) in [7, 11) is 1.35. The van der Waals surface area contributed by atoms with Crippen LogP contribution in [0.2, 0.25) is 0 Å². The second-order valence-electron chi connectivity index (χ2n) is 9.18. The summed E-state index contributed by atoms with van der Waals surface area (Å²) in [6.07, 6.45) is -7.19. The number of aromatic hydroxyl groups is 1. The van der Waals surface area contributed by atoms with E-state index in [1.807, 2.05) is 0 Å². The smallest absolute Gasteiger partial charge is 0.338 e. The van der Waals surface area contributed by atoms with Gasteiger partial charge in [0.25, 0.3) is 0 Å². The second-order valence-corrected chi connectivity index (χ2v) is 9.18. The molecule has 13 heteroatoms. The number of carbonyl (C=O) groups is 1. The van der Waals surface area contributed by atoms with Crippen molar-refractivity contribution in [2.24, 2.45) is 11.8 Å². The Morgan fingerprint density at radius 1 is 1.11 bits per heavy atom. The lowest BCUT2D eigenvalue weighted by Crippen LogP contribution is -2.60. The van der Waals surface area contributed by atoms with Gasteiger partial charge in [0.05, 0.1) is 38.1 Å². The summed E-state index contributed by atoms with van der Waals surface area (Å²) in [5.74, 6) is -1.95. The van der Waals surface area contributed by atoms with Crippen molar-refractivity contribution < 1.29 is 63.9 Å². The number of esters is 1. The summed E-state index contributed by atoms with van der Waals surface area (Å²) < 4.78 is 33.4. The zero-order valence-corrected chi connectivity index (χ0v) is 19.1. The fourth-order valence-electron chi connectivity index (χ4n) is 5.28. The number of ether oxygens (including phenoxy) is 6. The minimum Gasteiger partial charge on any atom is -0.504 e. The van der Waals surface area contributed by atoms with E-state index in [2.05, 4.69) is 0 Å². The van der Waals surface area contributed by atoms with Crippen LogP contribution < -0.4 is 4.74 Å². The highest BCUT2D eigenvalue weighted by Gasteiger charge is 2.77. The van der Waals surface area contributed by atoms with Crippen molar-refractivity contribution in [2.75, 3.05) is 20.3 Å². The van der Waals surface area contributed by atoms with Gasteiger partial charge in [-0.25, -0.2) is 4.79 Å². The molecule has 1 aromatic rings. The van der Waals surface area contributed by atoms with Gasteiger partial charge in [-0.05, 0) is 24.3 Å². The third-order valence-corrected chi connectivity index (χ3v) is 7.26. The SMILES string of the molecule is COc1cc(C(=O)O[C@@H]2[C@H]3C=CO[C@H](O[C@@H]4O[C@H](CO)[C@@H](O)[C@H](O)[C@H]4O)[C@H]3[C@@]3(CO)O[C@H]23)ccc1O. The van der Waals surface area contributed by atoms with E-state index < -0.39 is 85.8 Å². The number of phenolic OH excluding ortho intramolecular Hbond substituents is 1. The molecule has 0 amide bonds. The van der Waals surface area contributed by atoms with Gasteiger partial charge in [0.1, 0.15) is 42.2 Å². The van der Waals surface area contributed by atoms with Crippen LogP contribution in [0.15, 0.2) is 30.5 Å². The van der Waals surface area contributed by atoms with Crippen LogP contribution >= 0.6 is 0 Å². The predicted octanol–water partition coefficient (Wildman–Crippen LogP) is -2.01. The molecule has 36 heavy (non-hydrogen) atoms. The lowest BCUT2D eigenvalue weighted by molar-refractivity contribution is -0.344. The highest BCUT2D eigenvalue weighted by Crippen LogP contribution is 2.60. The second kappa shape index (κ2) is 9.43. The molecule has 1 saturated carbocycles. The summed E-state index contributed by atoms with van der Waals surface area (Å²) >= 11 is 0. The number of benzene rings is 1. The average Bonchev–Trinajstić information content (AvgIpc) is 3.56. The highest BCUT2D eigenvalue weighted by atomic mass is 16.8. The Hall–Kier alpha value is -2.49. The lowest BCUT2D eigenvalue weighted by atomic mass is 9.85. The van der Waals surface area contributed by atoms with Crippen LogP contribution in [0.25, 0.3) is 0 Å². The van der Waals surface area contributed by atoms with Gasteiger partial charge < -0.3 is 59.1 Å². The molecule has 0 unspecified atom stereocenters. The Labute approximate surface area is 205 Å². The molecule has 13 nitrogen and oxygen atoms in total. The van der Waals surface area contributed by atoms with Crippen molar-refractivity contribution in [3.05, 3.63) is 36.1 Å². The first kappa shape index (κ1) is 25.2. The topological polar surface area (TPSA) is 197 Å². The predicted molar refractivity (Wildman–Crippen MR) is 114 cm³/mol. The summed E-state index contributed by atoms with van der Waals surface area (Å²) in [6.45, 7) is -1.07. The number of rotatable bonds is 7. The molecule has 198 valence electrons. The van der Waals surface area contributed by atoms with Crippen LogP contribution in [0.4, 0.5) is 0 Å². The van der Waals surface area contributed by atoms with Gasteiger partial charge in [-0.15, -0.1) is 0 Å². The molecule has 0 bridgehead atoms. The molecule has 5 rings (SSSR count). The van der Waals surface area contributed by atoms with Crippen molar-refractivity contribution in [1.82, 2.24) is 0 Å². The zero-order valence-electron chi connectivity index (χ0n) is 19.1. The van der Waals surface area contributed by atoms with Crippen molar-refractivity contribution in [1.29, 1.82) is 0 Å². The lowest BCUT2D eigenvalue weighted by Gasteiger charge is -2.43. The Balaban J connectivity index is 1.35. The van der Waals surface area contributed by atoms with E-state index in [4.69, 9.17) is 28.4 Å². The Kier molecular flexibility index (Phi) is 6.59. The number of fused-ring (bicyclic) bond motifs is 3. The van der Waals surface area contributed by atoms with E-state index in [9.17, 15) is 35.4 Å². The molecule has 2 saturated heterocycles. The standard InChI is InChI=1S/C23H28O13/c1-31-12-6-9(2-3-11(12)26)20(30)34-18-10-4-5-32-21(14(10)23(8-25)19(18)36-23)35-22-17(29)16(28)15(27)13(7-24)33-22/h2-6,10,13-19,21-22,24-29H,7-8H2,1H3/t10-,13+,14-,15+,16-,17+,18+,19+,21+,22-,23+/m0/s1. The number of aliphatic hydroxyl groups excluding tert-OH is 5. The van der Waals surface area contributed by atoms with E-state index in [0.717, 1.165) is 0 Å². The number of hydrogen-bond donors (Lipinski definition) is 6. The molecular formula is C23H28O13. The van der Waals surface area contributed by atoms with Crippen LogP contribution in [0.3, 0.4) is 0 Å². The van der Waals surface area contributed by atoms with Crippen LogP contribution in [0.5, 0.6) is 11.5 Å². The van der Waals surface area contributed by atoms with Gasteiger partial charge >= 0.3 is 5.97 Å². The monoisotopic (exact) mass is 512 g/mol. The third kappa shape index (κ3) is 3.92. The maximum atomic E-state index is 12.9. The molecule has 6 N–H and O–H groups in total. The molecule has 11 atom stereocenters. The van der Waals surface area contributed by atoms with E-state index >= 15 is 0 Å². The van der Waals surface area contributed by atoms with E-state index in [1.54, 1.807) is 6.08 Å². The van der Waals surface area contributed by atoms with Gasteiger partial charge in [-0.3, -0.25) is 0 Å². The van der Waals surface area contributed by atoms with Gasteiger partial charge in [0.2, 0.25) is 6.29 Å². The minimum atomic E-state index is -1.66. The van der Waals surface area contributed by atoms with Crippen LogP contribution in [0, 0.1) is 11.8 Å². The van der Waals surface area contributed by atoms with E-state index in [1.165, 1.54) is 31.6 Å². The minimum absolute atomic E-state index is 0.0973. The third-order valence-electron chi connectivity index (χ3n) is 7.26. The van der Waals surface area contributed by atoms with E-state index in [0.29, 0.717) is 0 Å². The summed E-state index contributed by atoms with van der Waals surface area (Å²) in [5.41, 5.74) is -1.03. The molecule has 0 spiro atoms. The summed E-state index contributed by atoms with van der Waals surface area (Å²) in [4.78, 5) is 12.9. The first-order chi connectivity index (χ1) is 17.2. The maximum Gasteiger partial charge on any atom is 0.338 e. The molecule has 4 aliphatic rings. The first-order valence-electron chi connectivity index (χ1n) is 11.4. The Bertz CT molecular complexity index is 1010. The number of aliphatic hydroxyl groups is 5. The average molecular weight is 512 g/mol. The normalized spacial score (nSPS) is 42.7. The zero-order chi connectivity index (χ0) is 25.8. The molecule has 0 radical (unpaired) electrons. The van der Waals surface area contributed by atoms with Crippen molar-refractivity contribution in [2.45, 2.75) is 54.8 Å². The largest absolute Gasteiger partial charge is 0.504 e. The fourth-order valence-corrected chi connectivity index (χ4v) is 5.28. The summed E-state index contributed by atoms with van der Waals surface area (Å²) in [5, 5.41) is 59.8. The van der Waals surface area contributed by atoms with Gasteiger partial charge in [0, 0.05) is 5.92 Å². The molecular weight excluding hydrogens is 484 g/mol. The molecule has 3 heterocycles. The molecule has 3 fully saturated rings. The summed E-state index contributed by atoms with van der Waals surface area (Å²) in [6, 6.07) is 4.02. The maximum absolute atomic E-state index is 12.9. The Morgan fingerprint density at radius 3 is 2.58 bits per heavy atom. The molecule has 3 aliphatic heterocycles. The van der Waals surface area contributed by atoms with Crippen molar-refractivity contribution >= 4 is 5.97 Å². The van der Waals surface area contributed by atoms with Crippen LogP contribution in [-0.4, -0.2) is 112 Å². The number of phenols is 1. The number of carbonyl (C=O) groups excluding carboxylic acids is 1. The molecule has 0 aromatic heterocycles. The number of methoxy groups -OCH3 is 1. The molecule has 1 aliphatic carbocycles. The van der Waals surface area contributed by atoms with Crippen molar-refractivity contribution in [3.63, 3.8) is 0 Å².